The summed E-state index contributed by atoms with van der Waals surface area (Å²) in [5.41, 5.74) is -2.09. The Hall–Kier alpha value is -3.72. The molecule has 0 N–H and O–H groups in total. The van der Waals surface area contributed by atoms with Gasteiger partial charge in [0, 0.05) is 25.0 Å². The van der Waals surface area contributed by atoms with Gasteiger partial charge in [-0.3, -0.25) is 0 Å². The monoisotopic (exact) mass is 478 g/mol. The Kier molecular flexibility index (Phi) is 6.29. The molecule has 0 saturated heterocycles. The van der Waals surface area contributed by atoms with Crippen molar-refractivity contribution in [2.24, 2.45) is 0 Å². The second-order valence-corrected chi connectivity index (χ2v) is 9.77. The number of carbonyl (C=O) groups excluding carboxylic acids is 1. The predicted molar refractivity (Wildman–Crippen MR) is 111 cm³/mol. The maximum Gasteiger partial charge on any atom is 0.410 e. The number of hydrogen-bond donors (Lipinski definition) is 0. The van der Waals surface area contributed by atoms with Crippen LogP contribution in [-0.2, 0) is 21.3 Å². The summed E-state index contributed by atoms with van der Waals surface area (Å²) < 4.78 is 67.0. The number of furan rings is 1. The highest BCUT2D eigenvalue weighted by atomic mass is 32.2. The van der Waals surface area contributed by atoms with E-state index in [1.54, 1.807) is 26.8 Å². The van der Waals surface area contributed by atoms with Crippen molar-refractivity contribution < 1.29 is 31.1 Å². The molecule has 0 unspecified atom stereocenters. The van der Waals surface area contributed by atoms with Gasteiger partial charge in [-0.25, -0.2) is 18.1 Å². The fraction of sp³-hybridized carbons (Fsp3) is 0.286. The van der Waals surface area contributed by atoms with Gasteiger partial charge in [-0.05, 0) is 45.0 Å². The number of aromatic nitrogens is 2. The lowest BCUT2D eigenvalue weighted by Crippen LogP contribution is -2.33. The standard InChI is InChI=1S/C21H20F2N4O5S/c1-21(2,3)32-20(28)26(4)11-13-12-27(33(29,30)16-8-7-14(10-24)31-16)18(17(13)22)15-6-5-9-25-19(15)23/h5-9,12H,11H2,1-4H3. The molecule has 33 heavy (non-hydrogen) atoms. The molecule has 1 amide bonds. The third-order valence-corrected chi connectivity index (χ3v) is 5.85. The van der Waals surface area contributed by atoms with E-state index in [2.05, 4.69) is 4.98 Å². The molecule has 3 rings (SSSR count). The van der Waals surface area contributed by atoms with Crippen LogP contribution in [0.25, 0.3) is 11.3 Å². The van der Waals surface area contributed by atoms with E-state index in [1.807, 2.05) is 0 Å². The lowest BCUT2D eigenvalue weighted by molar-refractivity contribution is 0.0284. The summed E-state index contributed by atoms with van der Waals surface area (Å²) in [6.07, 6.45) is 1.28. The van der Waals surface area contributed by atoms with Gasteiger partial charge >= 0.3 is 16.1 Å². The lowest BCUT2D eigenvalue weighted by Gasteiger charge is -2.24. The first kappa shape index (κ1) is 23.9. The summed E-state index contributed by atoms with van der Waals surface area (Å²) in [6.45, 7) is 4.60. The molecule has 0 aromatic carbocycles. The Labute approximate surface area is 188 Å². The van der Waals surface area contributed by atoms with Crippen molar-refractivity contribution in [3.8, 4) is 17.3 Å². The van der Waals surface area contributed by atoms with E-state index in [1.165, 1.54) is 13.1 Å². The minimum absolute atomic E-state index is 0.225. The summed E-state index contributed by atoms with van der Waals surface area (Å²) in [5.74, 6) is -2.46. The zero-order chi connectivity index (χ0) is 24.6. The molecular weight excluding hydrogens is 458 g/mol. The molecule has 0 fully saturated rings. The van der Waals surface area contributed by atoms with Crippen molar-refractivity contribution in [2.75, 3.05) is 7.05 Å². The van der Waals surface area contributed by atoms with Crippen LogP contribution in [0.4, 0.5) is 13.6 Å². The molecule has 0 aliphatic heterocycles. The first-order valence-corrected chi connectivity index (χ1v) is 11.0. The van der Waals surface area contributed by atoms with Crippen molar-refractivity contribution in [2.45, 2.75) is 38.0 Å². The maximum atomic E-state index is 15.5. The molecule has 0 radical (unpaired) electrons. The van der Waals surface area contributed by atoms with Gasteiger partial charge in [0.1, 0.15) is 17.4 Å². The van der Waals surface area contributed by atoms with Crippen LogP contribution < -0.4 is 0 Å². The molecule has 0 spiro atoms. The highest BCUT2D eigenvalue weighted by molar-refractivity contribution is 7.89. The van der Waals surface area contributed by atoms with Gasteiger partial charge in [-0.1, -0.05) is 0 Å². The Morgan fingerprint density at radius 3 is 2.58 bits per heavy atom. The molecule has 0 saturated carbocycles. The van der Waals surface area contributed by atoms with E-state index >= 15 is 4.39 Å². The number of nitriles is 1. The molecule has 12 heteroatoms. The number of nitrogens with zero attached hydrogens (tertiary/aromatic N) is 4. The molecule has 174 valence electrons. The summed E-state index contributed by atoms with van der Waals surface area (Å²) in [4.78, 5) is 16.8. The second-order valence-electron chi connectivity index (χ2n) is 8.03. The van der Waals surface area contributed by atoms with Gasteiger partial charge < -0.3 is 14.1 Å². The van der Waals surface area contributed by atoms with Crippen LogP contribution in [0.3, 0.4) is 0 Å². The number of amides is 1. The van der Waals surface area contributed by atoms with Crippen molar-refractivity contribution in [3.63, 3.8) is 0 Å². The SMILES string of the molecule is CN(Cc1cn(S(=O)(=O)c2ccc(C#N)o2)c(-c2cccnc2F)c1F)C(=O)OC(C)(C)C. The lowest BCUT2D eigenvalue weighted by atomic mass is 10.1. The van der Waals surface area contributed by atoms with E-state index in [4.69, 9.17) is 14.4 Å². The van der Waals surface area contributed by atoms with Crippen molar-refractivity contribution in [3.05, 3.63) is 59.7 Å². The van der Waals surface area contributed by atoms with Crippen LogP contribution in [0.5, 0.6) is 0 Å². The van der Waals surface area contributed by atoms with E-state index in [9.17, 15) is 17.6 Å². The predicted octanol–water partition coefficient (Wildman–Crippen LogP) is 3.90. The summed E-state index contributed by atoms with van der Waals surface area (Å²) in [6, 6.07) is 6.30. The first-order chi connectivity index (χ1) is 15.3. The van der Waals surface area contributed by atoms with Gasteiger partial charge in [-0.15, -0.1) is 0 Å². The van der Waals surface area contributed by atoms with Crippen LogP contribution in [0, 0.1) is 23.1 Å². The quantitative estimate of drug-likeness (QED) is 0.510. The molecule has 0 aliphatic rings. The molecule has 3 aromatic rings. The van der Waals surface area contributed by atoms with Crippen LogP contribution in [0.1, 0.15) is 32.1 Å². The zero-order valence-electron chi connectivity index (χ0n) is 18.2. The summed E-state index contributed by atoms with van der Waals surface area (Å²) >= 11 is 0. The Morgan fingerprint density at radius 1 is 1.30 bits per heavy atom. The minimum Gasteiger partial charge on any atom is -0.444 e. The van der Waals surface area contributed by atoms with Crippen molar-refractivity contribution in [1.29, 1.82) is 5.26 Å². The fourth-order valence-electron chi connectivity index (χ4n) is 2.89. The second kappa shape index (κ2) is 8.67. The highest BCUT2D eigenvalue weighted by Crippen LogP contribution is 2.33. The number of rotatable bonds is 5. The van der Waals surface area contributed by atoms with Gasteiger partial charge in [0.05, 0.1) is 12.1 Å². The van der Waals surface area contributed by atoms with E-state index in [-0.39, 0.29) is 17.9 Å². The normalized spacial score (nSPS) is 11.8. The van der Waals surface area contributed by atoms with Gasteiger partial charge in [-0.2, -0.15) is 18.1 Å². The smallest absolute Gasteiger partial charge is 0.410 e. The van der Waals surface area contributed by atoms with Crippen LogP contribution in [0.15, 0.2) is 46.2 Å². The van der Waals surface area contributed by atoms with E-state index < -0.39 is 49.8 Å². The first-order valence-electron chi connectivity index (χ1n) is 9.55. The number of pyridine rings is 1. The maximum absolute atomic E-state index is 15.5. The Morgan fingerprint density at radius 2 is 2.00 bits per heavy atom. The Balaban J connectivity index is 2.14. The van der Waals surface area contributed by atoms with Crippen LogP contribution in [-0.4, -0.2) is 41.0 Å². The average molecular weight is 478 g/mol. The molecule has 3 aromatic heterocycles. The number of carbonyl (C=O) groups is 1. The third-order valence-electron chi connectivity index (χ3n) is 4.31. The molecular formula is C21H20F2N4O5S. The van der Waals surface area contributed by atoms with Gasteiger partial charge in [0.2, 0.25) is 16.8 Å². The van der Waals surface area contributed by atoms with Crippen molar-refractivity contribution in [1.82, 2.24) is 13.9 Å². The largest absolute Gasteiger partial charge is 0.444 e. The molecule has 0 atom stereocenters. The molecule has 0 bridgehead atoms. The Bertz CT molecular complexity index is 1350. The van der Waals surface area contributed by atoms with E-state index in [0.29, 0.717) is 3.97 Å². The molecule has 3 heterocycles. The summed E-state index contributed by atoms with van der Waals surface area (Å²) in [5, 5.41) is 8.28. The number of hydrogen-bond acceptors (Lipinski definition) is 7. The van der Waals surface area contributed by atoms with Crippen LogP contribution in [0.2, 0.25) is 0 Å². The van der Waals surface area contributed by atoms with E-state index in [0.717, 1.165) is 35.5 Å². The van der Waals surface area contributed by atoms with Crippen molar-refractivity contribution >= 4 is 16.1 Å². The molecule has 0 aliphatic carbocycles. The zero-order valence-corrected chi connectivity index (χ0v) is 19.0. The fourth-order valence-corrected chi connectivity index (χ4v) is 4.20. The summed E-state index contributed by atoms with van der Waals surface area (Å²) in [7, 11) is -3.24. The number of ether oxygens (including phenoxy) is 1. The third kappa shape index (κ3) is 4.88. The van der Waals surface area contributed by atoms with Crippen LogP contribution >= 0.6 is 0 Å². The van der Waals surface area contributed by atoms with Gasteiger partial charge in [0.15, 0.2) is 5.82 Å². The topological polar surface area (TPSA) is 118 Å². The van der Waals surface area contributed by atoms with Gasteiger partial charge in [0.25, 0.3) is 0 Å². The average Bonchev–Trinajstić information content (AvgIpc) is 3.33. The molecule has 9 nitrogen and oxygen atoms in total. The highest BCUT2D eigenvalue weighted by Gasteiger charge is 2.31. The minimum atomic E-state index is -4.58. The number of halogens is 2.